The lowest BCUT2D eigenvalue weighted by atomic mass is 9.92. The fourth-order valence-corrected chi connectivity index (χ4v) is 14.9. The summed E-state index contributed by atoms with van der Waals surface area (Å²) in [6.07, 6.45) is 7.85. The number of fused-ring (bicyclic) bond motifs is 10. The third-order valence-electron chi connectivity index (χ3n) is 12.6. The van der Waals surface area contributed by atoms with Gasteiger partial charge in [-0.05, 0) is 87.3 Å². The third-order valence-corrected chi connectivity index (χ3v) is 17.4. The summed E-state index contributed by atoms with van der Waals surface area (Å²) in [5.74, 6) is 0.297. The maximum atomic E-state index is 6.69. The highest BCUT2D eigenvalue weighted by Crippen LogP contribution is 2.50. The number of benzene rings is 8. The normalized spacial score (nSPS) is 15.0. The Morgan fingerprint density at radius 3 is 1.88 bits per heavy atom. The second kappa shape index (κ2) is 13.0. The van der Waals surface area contributed by atoms with Gasteiger partial charge in [0.2, 0.25) is 0 Å². The molecule has 274 valence electrons. The Balaban J connectivity index is 1.10. The van der Waals surface area contributed by atoms with Gasteiger partial charge >= 0.3 is 0 Å². The van der Waals surface area contributed by atoms with E-state index in [1.165, 1.54) is 59.7 Å². The van der Waals surface area contributed by atoms with Gasteiger partial charge in [0.05, 0.1) is 11.0 Å². The van der Waals surface area contributed by atoms with E-state index in [2.05, 4.69) is 216 Å². The fraction of sp³-hybridized carbons (Fsp3) is 0.0370. The molecule has 3 heterocycles. The van der Waals surface area contributed by atoms with Crippen LogP contribution in [0.4, 0.5) is 11.4 Å². The molecule has 0 saturated heterocycles. The number of hydrogen-bond donors (Lipinski definition) is 0. The molecular formula is C54H38N2OSi. The Labute approximate surface area is 338 Å². The second-order valence-electron chi connectivity index (χ2n) is 15.6. The van der Waals surface area contributed by atoms with Crippen LogP contribution in [0.5, 0.6) is 0 Å². The lowest BCUT2D eigenvalue weighted by Gasteiger charge is -2.35. The zero-order valence-corrected chi connectivity index (χ0v) is 32.8. The summed E-state index contributed by atoms with van der Waals surface area (Å²) in [5, 5.41) is 10.2. The lowest BCUT2D eigenvalue weighted by molar-refractivity contribution is 0.671. The number of para-hydroxylation sites is 3. The number of hydrogen-bond acceptors (Lipinski definition) is 2. The Morgan fingerprint density at radius 1 is 0.500 bits per heavy atom. The molecule has 8 aromatic carbocycles. The first kappa shape index (κ1) is 33.0. The molecule has 1 aliphatic heterocycles. The predicted molar refractivity (Wildman–Crippen MR) is 245 cm³/mol. The number of allylic oxidation sites excluding steroid dienone is 4. The monoisotopic (exact) mass is 758 g/mol. The number of nitrogens with zero attached hydrogens (tertiary/aromatic N) is 2. The van der Waals surface area contributed by atoms with Gasteiger partial charge in [-0.15, -0.1) is 0 Å². The first-order valence-corrected chi connectivity index (χ1v) is 22.2. The maximum Gasteiger partial charge on any atom is 0.179 e. The van der Waals surface area contributed by atoms with Crippen molar-refractivity contribution in [2.45, 2.75) is 12.3 Å². The van der Waals surface area contributed by atoms with E-state index < -0.39 is 8.07 Å². The molecule has 2 aromatic heterocycles. The molecule has 0 spiro atoms. The van der Waals surface area contributed by atoms with Gasteiger partial charge in [0.15, 0.2) is 13.7 Å². The predicted octanol–water partition coefficient (Wildman–Crippen LogP) is 11.1. The maximum absolute atomic E-state index is 6.69. The number of furan rings is 1. The molecule has 0 saturated carbocycles. The van der Waals surface area contributed by atoms with E-state index >= 15 is 0 Å². The molecule has 0 amide bonds. The SMILES string of the molecule is C1=CCC2C(=C1)N(c1ccccc1)c1ccc([Si](c3ccccc3)(c3ccccc3)c3ccc(-n4c5ccccc5c5ccc6c7ccccc7oc6c54)cc3)cc12. The molecule has 3 nitrogen and oxygen atoms in total. The summed E-state index contributed by atoms with van der Waals surface area (Å²) < 4.78 is 9.10. The third kappa shape index (κ3) is 4.73. The van der Waals surface area contributed by atoms with Gasteiger partial charge < -0.3 is 13.9 Å². The molecular weight excluding hydrogens is 721 g/mol. The summed E-state index contributed by atoms with van der Waals surface area (Å²) in [6.45, 7) is 0. The Morgan fingerprint density at radius 2 is 1.12 bits per heavy atom. The zero-order valence-electron chi connectivity index (χ0n) is 31.8. The Bertz CT molecular complexity index is 3210. The van der Waals surface area contributed by atoms with E-state index in [-0.39, 0.29) is 0 Å². The van der Waals surface area contributed by atoms with Gasteiger partial charge in [0.1, 0.15) is 5.58 Å². The van der Waals surface area contributed by atoms with Crippen molar-refractivity contribution in [2.75, 3.05) is 4.90 Å². The van der Waals surface area contributed by atoms with Gasteiger partial charge in [-0.1, -0.05) is 158 Å². The van der Waals surface area contributed by atoms with Crippen molar-refractivity contribution in [3.05, 3.63) is 224 Å². The minimum atomic E-state index is -2.87. The van der Waals surface area contributed by atoms with E-state index in [0.717, 1.165) is 39.6 Å². The zero-order chi connectivity index (χ0) is 38.2. The average molecular weight is 759 g/mol. The minimum absolute atomic E-state index is 0.297. The Hall–Kier alpha value is -7.14. The molecule has 1 unspecified atom stereocenters. The smallest absolute Gasteiger partial charge is 0.179 e. The molecule has 1 atom stereocenters. The molecule has 0 fully saturated rings. The first-order valence-electron chi connectivity index (χ1n) is 20.2. The molecule has 0 bridgehead atoms. The van der Waals surface area contributed by atoms with Crippen molar-refractivity contribution in [3.63, 3.8) is 0 Å². The average Bonchev–Trinajstić information content (AvgIpc) is 3.96. The topological polar surface area (TPSA) is 21.3 Å². The van der Waals surface area contributed by atoms with E-state index in [9.17, 15) is 0 Å². The minimum Gasteiger partial charge on any atom is -0.454 e. The summed E-state index contributed by atoms with van der Waals surface area (Å²) >= 11 is 0. The van der Waals surface area contributed by atoms with Gasteiger partial charge in [-0.2, -0.15) is 0 Å². The largest absolute Gasteiger partial charge is 0.454 e. The van der Waals surface area contributed by atoms with E-state index in [1.54, 1.807) is 0 Å². The van der Waals surface area contributed by atoms with Gasteiger partial charge in [-0.25, -0.2) is 0 Å². The fourth-order valence-electron chi connectivity index (χ4n) is 10.1. The van der Waals surface area contributed by atoms with E-state index in [4.69, 9.17) is 4.42 Å². The van der Waals surface area contributed by atoms with Crippen molar-refractivity contribution in [1.29, 1.82) is 0 Å². The summed E-state index contributed by atoms with van der Waals surface area (Å²) in [6, 6.07) is 71.9. The highest BCUT2D eigenvalue weighted by atomic mass is 28.3. The molecule has 58 heavy (non-hydrogen) atoms. The van der Waals surface area contributed by atoms with Gasteiger partial charge in [0, 0.05) is 50.2 Å². The first-order chi connectivity index (χ1) is 28.8. The van der Waals surface area contributed by atoms with Crippen LogP contribution in [0.2, 0.25) is 0 Å². The van der Waals surface area contributed by atoms with Crippen LogP contribution in [0.25, 0.3) is 49.4 Å². The van der Waals surface area contributed by atoms with Gasteiger partial charge in [0.25, 0.3) is 0 Å². The molecule has 1 aliphatic carbocycles. The van der Waals surface area contributed by atoms with Crippen LogP contribution in [0.1, 0.15) is 17.9 Å². The standard InChI is InChI=1S/C54H38N2OSi/c1-4-16-37(17-5-1)55-49-25-13-11-23-44(49)48-36-42(32-35-51(48)55)58(39-18-6-2-7-19-39,40-20-8-3-9-21-40)41-30-28-38(29-31-41)56-50-26-14-10-22-43(50)46-33-34-47-45-24-12-15-27-52(45)57-54(47)53(46)56/h1-22,24-36,44H,23H2. The van der Waals surface area contributed by atoms with Crippen LogP contribution in [0, 0.1) is 0 Å². The molecule has 0 N–H and O–H groups in total. The van der Waals surface area contributed by atoms with Crippen molar-refractivity contribution in [2.24, 2.45) is 0 Å². The number of anilines is 2. The molecule has 10 aromatic rings. The van der Waals surface area contributed by atoms with Crippen LogP contribution >= 0.6 is 0 Å². The lowest BCUT2D eigenvalue weighted by Crippen LogP contribution is -2.74. The van der Waals surface area contributed by atoms with Crippen LogP contribution in [0.3, 0.4) is 0 Å². The second-order valence-corrected chi connectivity index (χ2v) is 19.4. The van der Waals surface area contributed by atoms with Gasteiger partial charge in [-0.3, -0.25) is 0 Å². The van der Waals surface area contributed by atoms with Crippen molar-refractivity contribution in [3.8, 4) is 5.69 Å². The van der Waals surface area contributed by atoms with E-state index in [0.29, 0.717) is 5.92 Å². The summed E-state index contributed by atoms with van der Waals surface area (Å²) in [5.41, 5.74) is 10.4. The quantitative estimate of drug-likeness (QED) is 0.124. The highest BCUT2D eigenvalue weighted by Gasteiger charge is 2.44. The number of aromatic nitrogens is 1. The van der Waals surface area contributed by atoms with Crippen molar-refractivity contribution < 1.29 is 4.42 Å². The van der Waals surface area contributed by atoms with Crippen LogP contribution in [0.15, 0.2) is 222 Å². The van der Waals surface area contributed by atoms with Crippen LogP contribution < -0.4 is 25.6 Å². The van der Waals surface area contributed by atoms with E-state index in [1.807, 2.05) is 6.07 Å². The van der Waals surface area contributed by atoms with Crippen LogP contribution in [-0.4, -0.2) is 12.6 Å². The highest BCUT2D eigenvalue weighted by molar-refractivity contribution is 7.19. The molecule has 12 rings (SSSR count). The molecule has 2 aliphatic rings. The van der Waals surface area contributed by atoms with Crippen molar-refractivity contribution in [1.82, 2.24) is 4.57 Å². The molecule has 4 heteroatoms. The Kier molecular flexibility index (Phi) is 7.38. The summed E-state index contributed by atoms with van der Waals surface area (Å²) in [7, 11) is -2.87. The van der Waals surface area contributed by atoms with Crippen LogP contribution in [-0.2, 0) is 0 Å². The summed E-state index contributed by atoms with van der Waals surface area (Å²) in [4.78, 5) is 2.47. The van der Waals surface area contributed by atoms with Crippen molar-refractivity contribution >= 4 is 83.9 Å². The number of rotatable bonds is 6. The molecule has 0 radical (unpaired) electrons.